The molecule has 0 fully saturated rings. The second-order valence-corrected chi connectivity index (χ2v) is 5.40. The number of hydrogen-bond donors (Lipinski definition) is 1. The molecular weight excluding hydrogens is 325 g/mol. The van der Waals surface area contributed by atoms with Gasteiger partial charge in [0.1, 0.15) is 0 Å². The van der Waals surface area contributed by atoms with Gasteiger partial charge in [0.15, 0.2) is 11.5 Å². The molecule has 1 aliphatic heterocycles. The lowest BCUT2D eigenvalue weighted by Crippen LogP contribution is -2.07. The minimum absolute atomic E-state index is 0.196. The SMILES string of the molecule is O=C(/C=C/c1ccc(Cl)cc1Cl)Nc1ccc2c(c1)OCO2. The van der Waals surface area contributed by atoms with Crippen LogP contribution in [0.4, 0.5) is 5.69 Å². The lowest BCUT2D eigenvalue weighted by atomic mass is 10.2. The van der Waals surface area contributed by atoms with Gasteiger partial charge < -0.3 is 14.8 Å². The van der Waals surface area contributed by atoms with Crippen LogP contribution < -0.4 is 14.8 Å². The minimum atomic E-state index is -0.273. The van der Waals surface area contributed by atoms with Gasteiger partial charge in [-0.3, -0.25) is 4.79 Å². The second-order valence-electron chi connectivity index (χ2n) is 4.56. The molecule has 0 spiro atoms. The summed E-state index contributed by atoms with van der Waals surface area (Å²) in [5.41, 5.74) is 1.34. The highest BCUT2D eigenvalue weighted by atomic mass is 35.5. The van der Waals surface area contributed by atoms with E-state index in [9.17, 15) is 4.79 Å². The van der Waals surface area contributed by atoms with Gasteiger partial charge in [-0.1, -0.05) is 29.3 Å². The number of fused-ring (bicyclic) bond motifs is 1. The zero-order chi connectivity index (χ0) is 15.5. The predicted octanol–water partition coefficient (Wildman–Crippen LogP) is 4.37. The van der Waals surface area contributed by atoms with E-state index < -0.39 is 0 Å². The van der Waals surface area contributed by atoms with Gasteiger partial charge in [0, 0.05) is 27.9 Å². The predicted molar refractivity (Wildman–Crippen MR) is 86.7 cm³/mol. The van der Waals surface area contributed by atoms with E-state index in [0.717, 1.165) is 0 Å². The Balaban J connectivity index is 1.68. The molecular formula is C16H11Cl2NO3. The first-order valence-corrected chi connectivity index (χ1v) is 7.21. The van der Waals surface area contributed by atoms with Crippen molar-refractivity contribution in [3.05, 3.63) is 58.1 Å². The summed E-state index contributed by atoms with van der Waals surface area (Å²) in [6.45, 7) is 0.196. The van der Waals surface area contributed by atoms with Crippen LogP contribution in [0.15, 0.2) is 42.5 Å². The Kier molecular flexibility index (Phi) is 4.22. The van der Waals surface area contributed by atoms with E-state index in [0.29, 0.717) is 32.8 Å². The zero-order valence-corrected chi connectivity index (χ0v) is 12.8. The topological polar surface area (TPSA) is 47.6 Å². The first-order chi connectivity index (χ1) is 10.6. The summed E-state index contributed by atoms with van der Waals surface area (Å²) in [6, 6.07) is 10.3. The van der Waals surface area contributed by atoms with Crippen LogP contribution in [0.25, 0.3) is 6.08 Å². The van der Waals surface area contributed by atoms with Gasteiger partial charge in [0.25, 0.3) is 0 Å². The quantitative estimate of drug-likeness (QED) is 0.847. The number of carbonyl (C=O) groups is 1. The first kappa shape index (κ1) is 14.8. The highest BCUT2D eigenvalue weighted by Gasteiger charge is 2.13. The van der Waals surface area contributed by atoms with Gasteiger partial charge in [0.05, 0.1) is 0 Å². The lowest BCUT2D eigenvalue weighted by Gasteiger charge is -2.03. The van der Waals surface area contributed by atoms with Gasteiger partial charge >= 0.3 is 0 Å². The number of rotatable bonds is 3. The summed E-state index contributed by atoms with van der Waals surface area (Å²) in [4.78, 5) is 11.9. The van der Waals surface area contributed by atoms with Gasteiger partial charge in [-0.25, -0.2) is 0 Å². The van der Waals surface area contributed by atoms with Crippen LogP contribution in [0, 0.1) is 0 Å². The molecule has 1 heterocycles. The molecule has 22 heavy (non-hydrogen) atoms. The van der Waals surface area contributed by atoms with Crippen LogP contribution in [0.1, 0.15) is 5.56 Å². The standard InChI is InChI=1S/C16H11Cl2NO3/c17-11-3-1-10(13(18)7-11)2-6-16(20)19-12-4-5-14-15(8-12)22-9-21-14/h1-8H,9H2,(H,19,20)/b6-2+. The van der Waals surface area contributed by atoms with Crippen molar-refractivity contribution in [1.82, 2.24) is 0 Å². The summed E-state index contributed by atoms with van der Waals surface area (Å²) in [6.07, 6.45) is 3.03. The lowest BCUT2D eigenvalue weighted by molar-refractivity contribution is -0.111. The van der Waals surface area contributed by atoms with Crippen molar-refractivity contribution in [1.29, 1.82) is 0 Å². The smallest absolute Gasteiger partial charge is 0.248 e. The normalized spacial score (nSPS) is 12.6. The molecule has 2 aromatic rings. The number of hydrogen-bond acceptors (Lipinski definition) is 3. The molecule has 1 amide bonds. The van der Waals surface area contributed by atoms with Crippen molar-refractivity contribution in [3.63, 3.8) is 0 Å². The van der Waals surface area contributed by atoms with Gasteiger partial charge in [-0.15, -0.1) is 0 Å². The summed E-state index contributed by atoms with van der Waals surface area (Å²) in [5, 5.41) is 3.78. The molecule has 112 valence electrons. The molecule has 3 rings (SSSR count). The van der Waals surface area contributed by atoms with E-state index in [-0.39, 0.29) is 12.7 Å². The largest absolute Gasteiger partial charge is 0.454 e. The fraction of sp³-hybridized carbons (Fsp3) is 0.0625. The molecule has 2 aromatic carbocycles. The Hall–Kier alpha value is -2.17. The molecule has 1 aliphatic rings. The van der Waals surface area contributed by atoms with Gasteiger partial charge in [0.2, 0.25) is 12.7 Å². The minimum Gasteiger partial charge on any atom is -0.454 e. The third-order valence-corrected chi connectivity index (χ3v) is 3.58. The number of halogens is 2. The number of benzene rings is 2. The van der Waals surface area contributed by atoms with Crippen molar-refractivity contribution in [2.24, 2.45) is 0 Å². The summed E-state index contributed by atoms with van der Waals surface area (Å²) in [5.74, 6) is 1.01. The number of nitrogens with one attached hydrogen (secondary N) is 1. The van der Waals surface area contributed by atoms with Crippen LogP contribution in [0.5, 0.6) is 11.5 Å². The third-order valence-electron chi connectivity index (χ3n) is 3.02. The average molecular weight is 336 g/mol. The monoisotopic (exact) mass is 335 g/mol. The molecule has 6 heteroatoms. The molecule has 4 nitrogen and oxygen atoms in total. The van der Waals surface area contributed by atoms with E-state index in [1.165, 1.54) is 6.08 Å². The maximum absolute atomic E-state index is 11.9. The Labute approximate surface area is 137 Å². The second kappa shape index (κ2) is 6.30. The van der Waals surface area contributed by atoms with Crippen LogP contribution in [0.2, 0.25) is 10.0 Å². The van der Waals surface area contributed by atoms with E-state index in [1.54, 1.807) is 42.5 Å². The average Bonchev–Trinajstić information content (AvgIpc) is 2.94. The summed E-state index contributed by atoms with van der Waals surface area (Å²) in [7, 11) is 0. The highest BCUT2D eigenvalue weighted by Crippen LogP contribution is 2.34. The molecule has 0 unspecified atom stereocenters. The Bertz CT molecular complexity index is 759. The number of ether oxygens (including phenoxy) is 2. The van der Waals surface area contributed by atoms with Crippen LogP contribution in [-0.2, 0) is 4.79 Å². The maximum Gasteiger partial charge on any atom is 0.248 e. The zero-order valence-electron chi connectivity index (χ0n) is 11.3. The van der Waals surface area contributed by atoms with E-state index in [1.807, 2.05) is 0 Å². The Morgan fingerprint density at radius 3 is 2.73 bits per heavy atom. The maximum atomic E-state index is 11.9. The number of anilines is 1. The van der Waals surface area contributed by atoms with Crippen LogP contribution in [-0.4, -0.2) is 12.7 Å². The van der Waals surface area contributed by atoms with Gasteiger partial charge in [-0.2, -0.15) is 0 Å². The van der Waals surface area contributed by atoms with Crippen molar-refractivity contribution < 1.29 is 14.3 Å². The van der Waals surface area contributed by atoms with Crippen LogP contribution >= 0.6 is 23.2 Å². The molecule has 0 atom stereocenters. The number of amides is 1. The van der Waals surface area contributed by atoms with Crippen molar-refractivity contribution in [3.8, 4) is 11.5 Å². The number of carbonyl (C=O) groups excluding carboxylic acids is 1. The molecule has 0 saturated carbocycles. The van der Waals surface area contributed by atoms with E-state index >= 15 is 0 Å². The Morgan fingerprint density at radius 2 is 1.91 bits per heavy atom. The molecule has 0 saturated heterocycles. The highest BCUT2D eigenvalue weighted by molar-refractivity contribution is 6.35. The van der Waals surface area contributed by atoms with E-state index in [2.05, 4.69) is 5.32 Å². The third kappa shape index (κ3) is 3.35. The molecule has 0 aromatic heterocycles. The molecule has 0 radical (unpaired) electrons. The van der Waals surface area contributed by atoms with Crippen molar-refractivity contribution in [2.45, 2.75) is 0 Å². The van der Waals surface area contributed by atoms with Crippen molar-refractivity contribution >= 4 is 40.9 Å². The molecule has 0 aliphatic carbocycles. The van der Waals surface area contributed by atoms with Crippen molar-refractivity contribution in [2.75, 3.05) is 12.1 Å². The molecule has 1 N–H and O–H groups in total. The van der Waals surface area contributed by atoms with E-state index in [4.69, 9.17) is 32.7 Å². The van der Waals surface area contributed by atoms with Gasteiger partial charge in [-0.05, 0) is 35.9 Å². The Morgan fingerprint density at radius 1 is 1.09 bits per heavy atom. The fourth-order valence-electron chi connectivity index (χ4n) is 1.96. The van der Waals surface area contributed by atoms with Crippen LogP contribution in [0.3, 0.4) is 0 Å². The molecule has 0 bridgehead atoms. The fourth-order valence-corrected chi connectivity index (χ4v) is 2.43. The summed E-state index contributed by atoms with van der Waals surface area (Å²) >= 11 is 11.9. The first-order valence-electron chi connectivity index (χ1n) is 6.45. The summed E-state index contributed by atoms with van der Waals surface area (Å²) < 4.78 is 10.5.